The highest BCUT2D eigenvalue weighted by Gasteiger charge is 2.34. The summed E-state index contributed by atoms with van der Waals surface area (Å²) in [5, 5.41) is 12.8. The summed E-state index contributed by atoms with van der Waals surface area (Å²) in [7, 11) is 0. The monoisotopic (exact) mass is 407 g/mol. The van der Waals surface area contributed by atoms with Crippen molar-refractivity contribution >= 4 is 41.1 Å². The van der Waals surface area contributed by atoms with Crippen LogP contribution in [0.15, 0.2) is 70.7 Å². The van der Waals surface area contributed by atoms with Gasteiger partial charge >= 0.3 is 0 Å². The molecule has 1 saturated heterocycles. The molecular formula is C21H12ClN2O5-. The number of carboxylic acids is 1. The van der Waals surface area contributed by atoms with Crippen molar-refractivity contribution in [2.75, 3.05) is 5.01 Å². The Kier molecular flexibility index (Phi) is 4.66. The van der Waals surface area contributed by atoms with E-state index in [1.54, 1.807) is 48.5 Å². The van der Waals surface area contributed by atoms with Gasteiger partial charge in [0.15, 0.2) is 0 Å². The highest BCUT2D eigenvalue weighted by atomic mass is 35.5. The number of nitrogens with one attached hydrogen (secondary N) is 1. The Balaban J connectivity index is 1.65. The van der Waals surface area contributed by atoms with Crippen LogP contribution in [0, 0.1) is 0 Å². The number of hydrogen-bond acceptors (Lipinski definition) is 5. The van der Waals surface area contributed by atoms with Gasteiger partial charge in [0.05, 0.1) is 11.7 Å². The van der Waals surface area contributed by atoms with Crippen LogP contribution in [0.4, 0.5) is 5.69 Å². The van der Waals surface area contributed by atoms with E-state index >= 15 is 0 Å². The van der Waals surface area contributed by atoms with Gasteiger partial charge in [0.25, 0.3) is 11.8 Å². The number of nitrogens with zero attached hydrogens (tertiary/aromatic N) is 1. The Bertz CT molecular complexity index is 1180. The van der Waals surface area contributed by atoms with Gasteiger partial charge in [-0.25, -0.2) is 5.01 Å². The lowest BCUT2D eigenvalue weighted by atomic mass is 10.1. The van der Waals surface area contributed by atoms with Crippen LogP contribution < -0.4 is 15.5 Å². The molecule has 1 fully saturated rings. The third-order valence-electron chi connectivity index (χ3n) is 4.28. The topological polar surface area (TPSA) is 103 Å². The van der Waals surface area contributed by atoms with Gasteiger partial charge in [-0.05, 0) is 36.4 Å². The van der Waals surface area contributed by atoms with E-state index in [2.05, 4.69) is 5.43 Å². The lowest BCUT2D eigenvalue weighted by Gasteiger charge is -2.14. The normalized spacial score (nSPS) is 15.1. The molecule has 0 bridgehead atoms. The third-order valence-corrected chi connectivity index (χ3v) is 4.52. The fraction of sp³-hybridized carbons (Fsp3) is 0. The zero-order valence-electron chi connectivity index (χ0n) is 14.7. The van der Waals surface area contributed by atoms with Gasteiger partial charge in [0, 0.05) is 16.1 Å². The molecule has 7 nitrogen and oxygen atoms in total. The largest absolute Gasteiger partial charge is 0.545 e. The Morgan fingerprint density at radius 1 is 1.07 bits per heavy atom. The minimum Gasteiger partial charge on any atom is -0.545 e. The van der Waals surface area contributed by atoms with Crippen LogP contribution in [-0.4, -0.2) is 17.8 Å². The molecule has 0 saturated carbocycles. The lowest BCUT2D eigenvalue weighted by Crippen LogP contribution is -2.35. The molecule has 4 rings (SSSR count). The quantitative estimate of drug-likeness (QED) is 0.528. The summed E-state index contributed by atoms with van der Waals surface area (Å²) in [6.07, 6.45) is 1.30. The number of hydrogen-bond donors (Lipinski definition) is 1. The van der Waals surface area contributed by atoms with Crippen molar-refractivity contribution in [3.63, 3.8) is 0 Å². The van der Waals surface area contributed by atoms with Crippen molar-refractivity contribution in [3.05, 3.63) is 82.6 Å². The van der Waals surface area contributed by atoms with Gasteiger partial charge in [-0.15, -0.1) is 0 Å². The highest BCUT2D eigenvalue weighted by Crippen LogP contribution is 2.28. The molecule has 1 aliphatic rings. The number of aromatic carboxylic acids is 1. The van der Waals surface area contributed by atoms with E-state index in [1.807, 2.05) is 0 Å². The zero-order valence-corrected chi connectivity index (χ0v) is 15.5. The van der Waals surface area contributed by atoms with Crippen LogP contribution in [0.5, 0.6) is 0 Å². The number of hydrazine groups is 1. The van der Waals surface area contributed by atoms with Crippen molar-refractivity contribution in [1.29, 1.82) is 0 Å². The van der Waals surface area contributed by atoms with Crippen LogP contribution >= 0.6 is 11.6 Å². The molecule has 8 heteroatoms. The molecule has 3 aromatic rings. The maximum atomic E-state index is 12.7. The van der Waals surface area contributed by atoms with Gasteiger partial charge in [-0.2, -0.15) is 0 Å². The zero-order chi connectivity index (χ0) is 20.5. The van der Waals surface area contributed by atoms with Crippen molar-refractivity contribution < 1.29 is 23.9 Å². The summed E-state index contributed by atoms with van der Waals surface area (Å²) in [5.74, 6) is -2.00. The standard InChI is InChI=1S/C21H13ClN2O5/c22-12-4-3-5-13(10-12)24-20(26)17(19(25)23-24)11-14-8-9-18(29-14)15-6-1-2-7-16(15)21(27)28/h1-11H,(H,23,25)(H,27,28)/p-1/b17-11-. The SMILES string of the molecule is O=C1NN(c2cccc(Cl)c2)C(=O)/C1=C\c1ccc(-c2ccccc2C(=O)[O-])o1. The fourth-order valence-electron chi connectivity index (χ4n) is 2.95. The molecule has 2 amide bonds. The molecule has 1 N–H and O–H groups in total. The highest BCUT2D eigenvalue weighted by molar-refractivity contribution is 6.33. The van der Waals surface area contributed by atoms with E-state index in [-0.39, 0.29) is 22.7 Å². The first-order valence-electron chi connectivity index (χ1n) is 8.47. The summed E-state index contributed by atoms with van der Waals surface area (Å²) in [6.45, 7) is 0. The summed E-state index contributed by atoms with van der Waals surface area (Å²) < 4.78 is 5.64. The first-order valence-corrected chi connectivity index (χ1v) is 8.85. The number of carboxylic acid groups (broad SMARTS) is 1. The Morgan fingerprint density at radius 2 is 1.86 bits per heavy atom. The van der Waals surface area contributed by atoms with Gasteiger partial charge in [-0.3, -0.25) is 15.0 Å². The Morgan fingerprint density at radius 3 is 2.62 bits per heavy atom. The van der Waals surface area contributed by atoms with Crippen LogP contribution in [0.25, 0.3) is 17.4 Å². The van der Waals surface area contributed by atoms with Crippen molar-refractivity contribution in [3.8, 4) is 11.3 Å². The smallest absolute Gasteiger partial charge is 0.282 e. The number of carbonyl (C=O) groups excluding carboxylic acids is 3. The van der Waals surface area contributed by atoms with Crippen LogP contribution in [0.3, 0.4) is 0 Å². The molecule has 144 valence electrons. The summed E-state index contributed by atoms with van der Waals surface area (Å²) >= 11 is 5.94. The maximum Gasteiger partial charge on any atom is 0.282 e. The molecule has 1 aromatic heterocycles. The van der Waals surface area contributed by atoms with Gasteiger partial charge in [0.1, 0.15) is 17.1 Å². The number of benzene rings is 2. The van der Waals surface area contributed by atoms with Crippen molar-refractivity contribution in [2.45, 2.75) is 0 Å². The van der Waals surface area contributed by atoms with Crippen molar-refractivity contribution in [2.24, 2.45) is 0 Å². The molecule has 29 heavy (non-hydrogen) atoms. The molecule has 1 aliphatic heterocycles. The van der Waals surface area contributed by atoms with E-state index in [1.165, 1.54) is 18.2 Å². The van der Waals surface area contributed by atoms with Crippen LogP contribution in [0.2, 0.25) is 5.02 Å². The number of carbonyl (C=O) groups is 3. The minimum atomic E-state index is -1.33. The summed E-state index contributed by atoms with van der Waals surface area (Å²) in [5.41, 5.74) is 3.07. The van der Waals surface area contributed by atoms with Gasteiger partial charge in [-0.1, -0.05) is 41.9 Å². The number of furan rings is 1. The van der Waals surface area contributed by atoms with Crippen LogP contribution in [0.1, 0.15) is 16.1 Å². The predicted molar refractivity (Wildman–Crippen MR) is 104 cm³/mol. The number of amides is 2. The molecule has 2 aromatic carbocycles. The molecule has 0 atom stereocenters. The fourth-order valence-corrected chi connectivity index (χ4v) is 3.13. The first kappa shape index (κ1) is 18.5. The second-order valence-corrected chi connectivity index (χ2v) is 6.59. The molecule has 0 aliphatic carbocycles. The summed E-state index contributed by atoms with van der Waals surface area (Å²) in [4.78, 5) is 36.2. The third kappa shape index (κ3) is 3.51. The second kappa shape index (κ2) is 7.29. The van der Waals surface area contributed by atoms with Crippen LogP contribution in [-0.2, 0) is 9.59 Å². The molecule has 0 spiro atoms. The van der Waals surface area contributed by atoms with E-state index in [9.17, 15) is 19.5 Å². The Hall–Kier alpha value is -3.84. The second-order valence-electron chi connectivity index (χ2n) is 6.15. The minimum absolute atomic E-state index is 0.0251. The lowest BCUT2D eigenvalue weighted by molar-refractivity contribution is -0.255. The predicted octanol–water partition coefficient (Wildman–Crippen LogP) is 2.42. The Labute approximate surface area is 169 Å². The molecule has 2 heterocycles. The number of anilines is 1. The molecule has 0 radical (unpaired) electrons. The molecule has 0 unspecified atom stereocenters. The average molecular weight is 408 g/mol. The van der Waals surface area contributed by atoms with Crippen molar-refractivity contribution in [1.82, 2.24) is 5.43 Å². The van der Waals surface area contributed by atoms with E-state index in [0.717, 1.165) is 5.01 Å². The van der Waals surface area contributed by atoms with Gasteiger partial charge < -0.3 is 14.3 Å². The van der Waals surface area contributed by atoms with E-state index in [0.29, 0.717) is 16.3 Å². The first-order chi connectivity index (χ1) is 13.9. The summed E-state index contributed by atoms with van der Waals surface area (Å²) in [6, 6.07) is 15.8. The molecular weight excluding hydrogens is 396 g/mol. The van der Waals surface area contributed by atoms with Gasteiger partial charge in [0.2, 0.25) is 0 Å². The number of rotatable bonds is 4. The van der Waals surface area contributed by atoms with E-state index in [4.69, 9.17) is 16.0 Å². The average Bonchev–Trinajstić information content (AvgIpc) is 3.28. The number of halogens is 1. The van der Waals surface area contributed by atoms with E-state index < -0.39 is 17.8 Å². The maximum absolute atomic E-state index is 12.7.